The summed E-state index contributed by atoms with van der Waals surface area (Å²) >= 11 is 0. The van der Waals surface area contributed by atoms with Crippen LogP contribution in [0, 0.1) is 23.4 Å². The largest absolute Gasteiger partial charge is 0.491 e. The van der Waals surface area contributed by atoms with Crippen LogP contribution in [-0.2, 0) is 11.3 Å². The average Bonchev–Trinajstić information content (AvgIpc) is 2.87. The van der Waals surface area contributed by atoms with E-state index in [1.165, 1.54) is 0 Å². The van der Waals surface area contributed by atoms with Gasteiger partial charge in [-0.1, -0.05) is 51.3 Å². The molecule has 0 amide bonds. The molecule has 0 atom stereocenters. The number of halogens is 3. The Bertz CT molecular complexity index is 960. The third-order valence-corrected chi connectivity index (χ3v) is 7.98. The van der Waals surface area contributed by atoms with Gasteiger partial charge in [0.25, 0.3) is 0 Å². The summed E-state index contributed by atoms with van der Waals surface area (Å²) in [6.45, 7) is 4.91. The molecule has 2 aromatic carbocycles. The molecule has 0 heterocycles. The second-order valence-electron chi connectivity index (χ2n) is 10.6. The van der Waals surface area contributed by atoms with Crippen molar-refractivity contribution in [1.29, 1.82) is 0 Å². The van der Waals surface area contributed by atoms with Gasteiger partial charge in [0, 0.05) is 5.56 Å². The lowest BCUT2D eigenvalue weighted by molar-refractivity contribution is 0.0118. The molecule has 0 N–H and O–H groups in total. The van der Waals surface area contributed by atoms with Crippen LogP contribution in [0.25, 0.3) is 0 Å². The van der Waals surface area contributed by atoms with Gasteiger partial charge in [0.1, 0.15) is 0 Å². The van der Waals surface area contributed by atoms with Crippen molar-refractivity contribution in [1.82, 2.24) is 0 Å². The SMILES string of the molecule is CCCCOc1ccc(C2CCC(OCc3ccc(C4CCC(C)CC4)c(F)c3F)CC2)cc1F. The monoisotopic (exact) mass is 488 g/mol. The Balaban J connectivity index is 1.27. The van der Waals surface area contributed by atoms with Crippen LogP contribution in [0.15, 0.2) is 30.3 Å². The zero-order chi connectivity index (χ0) is 24.8. The predicted octanol–water partition coefficient (Wildman–Crippen LogP) is 8.82. The van der Waals surface area contributed by atoms with Crippen molar-refractivity contribution in [2.24, 2.45) is 5.92 Å². The van der Waals surface area contributed by atoms with Gasteiger partial charge in [0.2, 0.25) is 0 Å². The van der Waals surface area contributed by atoms with E-state index in [0.717, 1.165) is 69.8 Å². The zero-order valence-electron chi connectivity index (χ0n) is 21.1. The molecular formula is C30H39F3O2. The van der Waals surface area contributed by atoms with E-state index in [4.69, 9.17) is 9.47 Å². The van der Waals surface area contributed by atoms with E-state index in [1.54, 1.807) is 24.3 Å². The van der Waals surface area contributed by atoms with E-state index < -0.39 is 11.6 Å². The molecule has 2 fully saturated rings. The van der Waals surface area contributed by atoms with E-state index in [2.05, 4.69) is 13.8 Å². The van der Waals surface area contributed by atoms with Crippen molar-refractivity contribution >= 4 is 0 Å². The van der Waals surface area contributed by atoms with Crippen LogP contribution < -0.4 is 4.74 Å². The fourth-order valence-corrected chi connectivity index (χ4v) is 5.59. The first kappa shape index (κ1) is 26.1. The topological polar surface area (TPSA) is 18.5 Å². The second-order valence-corrected chi connectivity index (χ2v) is 10.6. The van der Waals surface area contributed by atoms with Gasteiger partial charge in [-0.15, -0.1) is 0 Å². The van der Waals surface area contributed by atoms with Gasteiger partial charge in [-0.3, -0.25) is 0 Å². The summed E-state index contributed by atoms with van der Waals surface area (Å²) in [4.78, 5) is 0. The normalized spacial score (nSPS) is 24.9. The third-order valence-electron chi connectivity index (χ3n) is 7.98. The van der Waals surface area contributed by atoms with Crippen molar-refractivity contribution in [2.45, 2.75) is 103 Å². The van der Waals surface area contributed by atoms with Gasteiger partial charge in [0.05, 0.1) is 19.3 Å². The molecule has 0 radical (unpaired) electrons. The molecule has 0 bridgehead atoms. The summed E-state index contributed by atoms with van der Waals surface area (Å²) in [5.74, 6) is -0.374. The summed E-state index contributed by atoms with van der Waals surface area (Å²) in [6.07, 6.45) is 9.34. The van der Waals surface area contributed by atoms with Crippen LogP contribution in [0.3, 0.4) is 0 Å². The Labute approximate surface area is 208 Å². The highest BCUT2D eigenvalue weighted by molar-refractivity contribution is 5.32. The molecule has 192 valence electrons. The average molecular weight is 489 g/mol. The van der Waals surface area contributed by atoms with Crippen LogP contribution >= 0.6 is 0 Å². The number of unbranched alkanes of at least 4 members (excludes halogenated alkanes) is 1. The molecule has 2 nitrogen and oxygen atoms in total. The van der Waals surface area contributed by atoms with Gasteiger partial charge in [0.15, 0.2) is 23.2 Å². The summed E-state index contributed by atoms with van der Waals surface area (Å²) in [7, 11) is 0. The van der Waals surface area contributed by atoms with Crippen LogP contribution in [0.4, 0.5) is 13.2 Å². The van der Waals surface area contributed by atoms with Crippen molar-refractivity contribution in [2.75, 3.05) is 6.61 Å². The van der Waals surface area contributed by atoms with Gasteiger partial charge >= 0.3 is 0 Å². The smallest absolute Gasteiger partial charge is 0.165 e. The van der Waals surface area contributed by atoms with E-state index in [9.17, 15) is 13.2 Å². The van der Waals surface area contributed by atoms with Crippen molar-refractivity contribution in [3.63, 3.8) is 0 Å². The van der Waals surface area contributed by atoms with Crippen LogP contribution in [0.5, 0.6) is 5.75 Å². The maximum Gasteiger partial charge on any atom is 0.165 e. The highest BCUT2D eigenvalue weighted by Crippen LogP contribution is 2.38. The fourth-order valence-electron chi connectivity index (χ4n) is 5.59. The highest BCUT2D eigenvalue weighted by atomic mass is 19.2. The van der Waals surface area contributed by atoms with Gasteiger partial charge in [-0.2, -0.15) is 0 Å². The van der Waals surface area contributed by atoms with Gasteiger partial charge < -0.3 is 9.47 Å². The Hall–Kier alpha value is -2.01. The Kier molecular flexibility index (Phi) is 9.16. The number of benzene rings is 2. The molecular weight excluding hydrogens is 449 g/mol. The number of ether oxygens (including phenoxy) is 2. The third kappa shape index (κ3) is 6.61. The molecule has 0 saturated heterocycles. The minimum absolute atomic E-state index is 0.00900. The molecule has 0 aliphatic heterocycles. The lowest BCUT2D eigenvalue weighted by Crippen LogP contribution is -2.21. The van der Waals surface area contributed by atoms with Gasteiger partial charge in [-0.05, 0) is 86.0 Å². The molecule has 2 aliphatic rings. The first-order chi connectivity index (χ1) is 17.0. The van der Waals surface area contributed by atoms with Crippen LogP contribution in [0.1, 0.15) is 107 Å². The summed E-state index contributed by atoms with van der Waals surface area (Å²) in [5, 5.41) is 0. The molecule has 4 rings (SSSR count). The lowest BCUT2D eigenvalue weighted by atomic mass is 9.79. The minimum atomic E-state index is -0.758. The molecule has 35 heavy (non-hydrogen) atoms. The summed E-state index contributed by atoms with van der Waals surface area (Å²) in [5.41, 5.74) is 1.80. The van der Waals surface area contributed by atoms with E-state index in [0.29, 0.717) is 29.4 Å². The first-order valence-electron chi connectivity index (χ1n) is 13.5. The molecule has 0 aromatic heterocycles. The highest BCUT2D eigenvalue weighted by Gasteiger charge is 2.26. The lowest BCUT2D eigenvalue weighted by Gasteiger charge is -2.29. The summed E-state index contributed by atoms with van der Waals surface area (Å²) in [6, 6.07) is 8.75. The van der Waals surface area contributed by atoms with Crippen molar-refractivity contribution in [3.05, 3.63) is 64.5 Å². The maximum absolute atomic E-state index is 14.8. The van der Waals surface area contributed by atoms with Gasteiger partial charge in [-0.25, -0.2) is 13.2 Å². The minimum Gasteiger partial charge on any atom is -0.491 e. The van der Waals surface area contributed by atoms with E-state index in [-0.39, 0.29) is 30.4 Å². The van der Waals surface area contributed by atoms with Crippen LogP contribution in [0.2, 0.25) is 0 Å². The Morgan fingerprint density at radius 2 is 1.54 bits per heavy atom. The number of hydrogen-bond acceptors (Lipinski definition) is 2. The predicted molar refractivity (Wildman–Crippen MR) is 133 cm³/mol. The molecule has 5 heteroatoms. The molecule has 0 unspecified atom stereocenters. The number of rotatable bonds is 9. The molecule has 2 aromatic rings. The molecule has 0 spiro atoms. The molecule has 2 aliphatic carbocycles. The Morgan fingerprint density at radius 1 is 0.829 bits per heavy atom. The first-order valence-corrected chi connectivity index (χ1v) is 13.5. The zero-order valence-corrected chi connectivity index (χ0v) is 21.1. The molecule has 2 saturated carbocycles. The van der Waals surface area contributed by atoms with Crippen LogP contribution in [-0.4, -0.2) is 12.7 Å². The standard InChI is InChI=1S/C30H39F3O2/c1-3-4-17-34-28-16-12-23(18-27(28)31)21-9-13-25(14-10-21)35-19-24-11-15-26(30(33)29(24)32)22-7-5-20(2)6-8-22/h11-12,15-16,18,20-22,25H,3-10,13-14,17,19H2,1-2H3. The van der Waals surface area contributed by atoms with E-state index in [1.807, 2.05) is 6.07 Å². The fraction of sp³-hybridized carbons (Fsp3) is 0.600. The second kappa shape index (κ2) is 12.3. The quantitative estimate of drug-likeness (QED) is 0.328. The van der Waals surface area contributed by atoms with Crippen molar-refractivity contribution < 1.29 is 22.6 Å². The summed E-state index contributed by atoms with van der Waals surface area (Å²) < 4.78 is 55.6. The van der Waals surface area contributed by atoms with E-state index >= 15 is 0 Å². The number of hydrogen-bond donors (Lipinski definition) is 0. The Morgan fingerprint density at radius 3 is 2.23 bits per heavy atom. The van der Waals surface area contributed by atoms with Crippen molar-refractivity contribution in [3.8, 4) is 5.75 Å². The maximum atomic E-state index is 14.8.